The molecule has 1 rings (SSSR count). The van der Waals surface area contributed by atoms with Gasteiger partial charge >= 0.3 is 5.97 Å². The normalized spacial score (nSPS) is 23.8. The number of allylic oxidation sites excluding steroid dienone is 2. The molecule has 0 amide bonds. The highest BCUT2D eigenvalue weighted by atomic mass is 16.5. The summed E-state index contributed by atoms with van der Waals surface area (Å²) >= 11 is 0. The van der Waals surface area contributed by atoms with Crippen molar-refractivity contribution in [3.8, 4) is 0 Å². The van der Waals surface area contributed by atoms with Gasteiger partial charge < -0.3 is 9.84 Å². The number of hydrogen-bond donors (Lipinski definition) is 1. The summed E-state index contributed by atoms with van der Waals surface area (Å²) in [5.41, 5.74) is 0. The Morgan fingerprint density at radius 2 is 2.28 bits per heavy atom. The zero-order valence-electron chi connectivity index (χ0n) is 10.9. The van der Waals surface area contributed by atoms with Gasteiger partial charge in [0.05, 0.1) is 6.61 Å². The van der Waals surface area contributed by atoms with E-state index in [1.807, 2.05) is 12.2 Å². The number of rotatable bonds is 7. The van der Waals surface area contributed by atoms with E-state index in [0.29, 0.717) is 6.42 Å². The van der Waals surface area contributed by atoms with Crippen LogP contribution in [-0.2, 0) is 14.3 Å². The largest absolute Gasteiger partial charge is 0.463 e. The summed E-state index contributed by atoms with van der Waals surface area (Å²) < 4.78 is 4.84. The van der Waals surface area contributed by atoms with E-state index in [1.54, 1.807) is 0 Å². The van der Waals surface area contributed by atoms with Crippen molar-refractivity contribution in [1.29, 1.82) is 0 Å². The Kier molecular flexibility index (Phi) is 6.65. The third-order valence-electron chi connectivity index (χ3n) is 3.32. The molecule has 1 saturated carbocycles. The predicted molar refractivity (Wildman–Crippen MR) is 67.9 cm³/mol. The molecule has 4 heteroatoms. The Bertz CT molecular complexity index is 309. The Morgan fingerprint density at radius 1 is 1.50 bits per heavy atom. The first-order valence-electron chi connectivity index (χ1n) is 6.63. The maximum absolute atomic E-state index is 11.7. The summed E-state index contributed by atoms with van der Waals surface area (Å²) in [6, 6.07) is 0. The highest BCUT2D eigenvalue weighted by Crippen LogP contribution is 2.34. The van der Waals surface area contributed by atoms with Gasteiger partial charge in [-0.05, 0) is 25.2 Å². The van der Waals surface area contributed by atoms with E-state index in [-0.39, 0.29) is 43.2 Å². The van der Waals surface area contributed by atoms with Crippen molar-refractivity contribution in [2.75, 3.05) is 13.2 Å². The first-order chi connectivity index (χ1) is 8.69. The van der Waals surface area contributed by atoms with Gasteiger partial charge in [0, 0.05) is 18.8 Å². The highest BCUT2D eigenvalue weighted by molar-refractivity contribution is 5.84. The summed E-state index contributed by atoms with van der Waals surface area (Å²) in [6.07, 6.45) is 7.40. The minimum absolute atomic E-state index is 0.0329. The summed E-state index contributed by atoms with van der Waals surface area (Å²) in [6.45, 7) is 1.94. The summed E-state index contributed by atoms with van der Waals surface area (Å²) in [5.74, 6) is 0.0172. The van der Waals surface area contributed by atoms with Gasteiger partial charge in [-0.2, -0.15) is 0 Å². The standard InChI is InChI=1S/C14H22O4/c1-2-3-4-5-12-11(6-7-13(12)16)10-14(17)18-9-8-15/h3-4,11-12,15H,2,5-10H2,1H3/b4-3-/t11-,12-/m1/s1. The SMILES string of the molecule is CC/C=C\C[C@H]1C(=O)CC[C@@H]1CC(=O)OCCO. The third-order valence-corrected chi connectivity index (χ3v) is 3.32. The lowest BCUT2D eigenvalue weighted by Gasteiger charge is -2.15. The number of aliphatic hydroxyl groups excluding tert-OH is 1. The maximum atomic E-state index is 11.7. The summed E-state index contributed by atoms with van der Waals surface area (Å²) in [5, 5.41) is 8.57. The van der Waals surface area contributed by atoms with E-state index in [4.69, 9.17) is 9.84 Å². The van der Waals surface area contributed by atoms with Gasteiger partial charge in [-0.1, -0.05) is 19.1 Å². The predicted octanol–water partition coefficient (Wildman–Crippen LogP) is 1.86. The van der Waals surface area contributed by atoms with E-state index in [9.17, 15) is 9.59 Å². The molecule has 0 aromatic rings. The molecule has 0 heterocycles. The lowest BCUT2D eigenvalue weighted by Crippen LogP contribution is -2.19. The number of carbonyl (C=O) groups excluding carboxylic acids is 2. The molecule has 0 aromatic carbocycles. The molecule has 0 aromatic heterocycles. The topological polar surface area (TPSA) is 63.6 Å². The van der Waals surface area contributed by atoms with Crippen LogP contribution < -0.4 is 0 Å². The Hall–Kier alpha value is -1.16. The van der Waals surface area contributed by atoms with Crippen molar-refractivity contribution >= 4 is 11.8 Å². The summed E-state index contributed by atoms with van der Waals surface area (Å²) in [4.78, 5) is 23.2. The lowest BCUT2D eigenvalue weighted by atomic mass is 9.89. The van der Waals surface area contributed by atoms with Crippen molar-refractivity contribution in [3.63, 3.8) is 0 Å². The van der Waals surface area contributed by atoms with E-state index < -0.39 is 0 Å². The van der Waals surface area contributed by atoms with E-state index in [2.05, 4.69) is 6.92 Å². The first-order valence-corrected chi connectivity index (χ1v) is 6.63. The number of ether oxygens (including phenoxy) is 1. The molecule has 0 bridgehead atoms. The van der Waals surface area contributed by atoms with Crippen LogP contribution >= 0.6 is 0 Å². The number of hydrogen-bond acceptors (Lipinski definition) is 4. The van der Waals surface area contributed by atoms with Crippen LogP contribution in [0.4, 0.5) is 0 Å². The molecule has 1 aliphatic rings. The number of aliphatic hydroxyl groups is 1. The monoisotopic (exact) mass is 254 g/mol. The molecule has 1 aliphatic carbocycles. The van der Waals surface area contributed by atoms with Crippen molar-refractivity contribution in [3.05, 3.63) is 12.2 Å². The van der Waals surface area contributed by atoms with E-state index in [1.165, 1.54) is 0 Å². The molecule has 0 aliphatic heterocycles. The van der Waals surface area contributed by atoms with Crippen molar-refractivity contribution in [2.24, 2.45) is 11.8 Å². The molecule has 102 valence electrons. The number of Topliss-reactive ketones (excluding diaryl/α,β-unsaturated/α-hetero) is 1. The minimum Gasteiger partial charge on any atom is -0.463 e. The molecular formula is C14H22O4. The smallest absolute Gasteiger partial charge is 0.306 e. The molecule has 2 atom stereocenters. The lowest BCUT2D eigenvalue weighted by molar-refractivity contribution is -0.146. The Balaban J connectivity index is 2.45. The van der Waals surface area contributed by atoms with Gasteiger partial charge in [0.15, 0.2) is 0 Å². The Labute approximate surface area is 108 Å². The van der Waals surface area contributed by atoms with E-state index >= 15 is 0 Å². The van der Waals surface area contributed by atoms with Gasteiger partial charge in [-0.15, -0.1) is 0 Å². The second-order valence-corrected chi connectivity index (χ2v) is 4.64. The van der Waals surface area contributed by atoms with Gasteiger partial charge in [0.1, 0.15) is 12.4 Å². The average molecular weight is 254 g/mol. The fourth-order valence-corrected chi connectivity index (χ4v) is 2.39. The van der Waals surface area contributed by atoms with Crippen LogP contribution in [0.25, 0.3) is 0 Å². The van der Waals surface area contributed by atoms with Crippen LogP contribution in [0.3, 0.4) is 0 Å². The molecule has 0 unspecified atom stereocenters. The fraction of sp³-hybridized carbons (Fsp3) is 0.714. The third kappa shape index (κ3) is 4.61. The Morgan fingerprint density at radius 3 is 2.94 bits per heavy atom. The van der Waals surface area contributed by atoms with Crippen LogP contribution in [0, 0.1) is 11.8 Å². The van der Waals surface area contributed by atoms with Crippen LogP contribution in [0.5, 0.6) is 0 Å². The van der Waals surface area contributed by atoms with Gasteiger partial charge in [-0.3, -0.25) is 9.59 Å². The van der Waals surface area contributed by atoms with Gasteiger partial charge in [-0.25, -0.2) is 0 Å². The number of carbonyl (C=O) groups is 2. The molecule has 0 radical (unpaired) electrons. The van der Waals surface area contributed by atoms with Crippen molar-refractivity contribution in [1.82, 2.24) is 0 Å². The van der Waals surface area contributed by atoms with Crippen molar-refractivity contribution < 1.29 is 19.4 Å². The number of ketones is 1. The molecule has 4 nitrogen and oxygen atoms in total. The first kappa shape index (κ1) is 14.9. The molecule has 0 saturated heterocycles. The molecular weight excluding hydrogens is 232 g/mol. The molecule has 0 spiro atoms. The van der Waals surface area contributed by atoms with Crippen LogP contribution in [-0.4, -0.2) is 30.1 Å². The summed E-state index contributed by atoms with van der Waals surface area (Å²) in [7, 11) is 0. The van der Waals surface area contributed by atoms with Gasteiger partial charge in [0.25, 0.3) is 0 Å². The second kappa shape index (κ2) is 8.03. The van der Waals surface area contributed by atoms with E-state index in [0.717, 1.165) is 19.3 Å². The van der Waals surface area contributed by atoms with Crippen molar-refractivity contribution in [2.45, 2.75) is 39.0 Å². The second-order valence-electron chi connectivity index (χ2n) is 4.64. The highest BCUT2D eigenvalue weighted by Gasteiger charge is 2.35. The molecule has 1 fully saturated rings. The zero-order chi connectivity index (χ0) is 13.4. The maximum Gasteiger partial charge on any atom is 0.306 e. The zero-order valence-corrected chi connectivity index (χ0v) is 10.9. The number of esters is 1. The van der Waals surface area contributed by atoms with Gasteiger partial charge in [0.2, 0.25) is 0 Å². The fourth-order valence-electron chi connectivity index (χ4n) is 2.39. The quantitative estimate of drug-likeness (QED) is 0.556. The van der Waals surface area contributed by atoms with Crippen LogP contribution in [0.15, 0.2) is 12.2 Å². The average Bonchev–Trinajstić information content (AvgIpc) is 2.69. The minimum atomic E-state index is -0.312. The molecule has 1 N–H and O–H groups in total. The molecule has 18 heavy (non-hydrogen) atoms. The van der Waals surface area contributed by atoms with Crippen LogP contribution in [0.1, 0.15) is 39.0 Å². The van der Waals surface area contributed by atoms with Crippen LogP contribution in [0.2, 0.25) is 0 Å².